The van der Waals surface area contributed by atoms with Crippen molar-refractivity contribution in [3.8, 4) is 16.9 Å². The molecule has 1 saturated heterocycles. The van der Waals surface area contributed by atoms with Crippen LogP contribution in [0.15, 0.2) is 55.4 Å². The number of aliphatic hydroxyl groups excluding tert-OH is 2. The second-order valence-corrected chi connectivity index (χ2v) is 6.76. The lowest BCUT2D eigenvalue weighted by molar-refractivity contribution is -0.0299. The molecule has 0 spiro atoms. The number of rotatable bonds is 3. The molecular weight excluding hydrogens is 360 g/mol. The van der Waals surface area contributed by atoms with E-state index in [1.807, 2.05) is 36.5 Å². The van der Waals surface area contributed by atoms with Gasteiger partial charge < -0.3 is 14.9 Å². The predicted molar refractivity (Wildman–Crippen MR) is 99.5 cm³/mol. The summed E-state index contributed by atoms with van der Waals surface area (Å²) >= 11 is 0. The maximum Gasteiger partial charge on any atom is 0.166 e. The lowest BCUT2D eigenvalue weighted by Crippen LogP contribution is -2.30. The molecule has 142 valence electrons. The Morgan fingerprint density at radius 2 is 1.96 bits per heavy atom. The fourth-order valence-electron chi connectivity index (χ4n) is 3.52. The molecule has 4 heterocycles. The van der Waals surface area contributed by atoms with Gasteiger partial charge in [0.25, 0.3) is 0 Å². The molecule has 0 bridgehead atoms. The molecule has 5 rings (SSSR count). The van der Waals surface area contributed by atoms with Crippen LogP contribution in [0, 0.1) is 0 Å². The summed E-state index contributed by atoms with van der Waals surface area (Å²) in [7, 11) is 0. The van der Waals surface area contributed by atoms with Crippen molar-refractivity contribution in [3.05, 3.63) is 55.4 Å². The minimum atomic E-state index is -1.06. The summed E-state index contributed by atoms with van der Waals surface area (Å²) in [6, 6.07) is 9.67. The van der Waals surface area contributed by atoms with E-state index < -0.39 is 24.5 Å². The summed E-state index contributed by atoms with van der Waals surface area (Å²) in [5, 5.41) is 24.6. The van der Waals surface area contributed by atoms with Crippen LogP contribution in [0.5, 0.6) is 0 Å². The van der Waals surface area contributed by atoms with Gasteiger partial charge in [-0.05, 0) is 25.1 Å². The van der Waals surface area contributed by atoms with Crippen LogP contribution in [0.2, 0.25) is 0 Å². The van der Waals surface area contributed by atoms with Gasteiger partial charge in [-0.2, -0.15) is 5.10 Å². The molecule has 28 heavy (non-hydrogen) atoms. The van der Waals surface area contributed by atoms with Crippen LogP contribution in [0.3, 0.4) is 0 Å². The number of ether oxygens (including phenoxy) is 1. The van der Waals surface area contributed by atoms with E-state index in [2.05, 4.69) is 20.1 Å². The van der Waals surface area contributed by atoms with E-state index in [9.17, 15) is 10.2 Å². The molecule has 0 aliphatic carbocycles. The first kappa shape index (κ1) is 17.0. The second kappa shape index (κ2) is 6.48. The SMILES string of the molecule is C[C@H]1O[C@@H](n2cnc3c(-c4cccc(-n5cccn5)c4)ncnc32)[C@H](O)[C@@H]1O. The van der Waals surface area contributed by atoms with Crippen LogP contribution in [-0.4, -0.2) is 57.8 Å². The third-order valence-electron chi connectivity index (χ3n) is 5.00. The topological polar surface area (TPSA) is 111 Å². The van der Waals surface area contributed by atoms with Crippen molar-refractivity contribution in [2.24, 2.45) is 0 Å². The Morgan fingerprint density at radius 3 is 2.71 bits per heavy atom. The van der Waals surface area contributed by atoms with Crippen molar-refractivity contribution >= 4 is 11.2 Å². The predicted octanol–water partition coefficient (Wildman–Crippen LogP) is 1.32. The number of benzene rings is 1. The zero-order valence-corrected chi connectivity index (χ0v) is 15.0. The highest BCUT2D eigenvalue weighted by Gasteiger charge is 2.42. The van der Waals surface area contributed by atoms with Crippen molar-refractivity contribution in [3.63, 3.8) is 0 Å². The lowest BCUT2D eigenvalue weighted by atomic mass is 10.1. The largest absolute Gasteiger partial charge is 0.388 e. The number of nitrogens with zero attached hydrogens (tertiary/aromatic N) is 6. The van der Waals surface area contributed by atoms with Crippen molar-refractivity contribution in [1.29, 1.82) is 0 Å². The first-order chi connectivity index (χ1) is 13.6. The van der Waals surface area contributed by atoms with Gasteiger partial charge in [-0.3, -0.25) is 4.57 Å². The highest BCUT2D eigenvalue weighted by Crippen LogP contribution is 2.33. The molecule has 3 aromatic heterocycles. The highest BCUT2D eigenvalue weighted by atomic mass is 16.6. The van der Waals surface area contributed by atoms with Crippen LogP contribution < -0.4 is 0 Å². The minimum Gasteiger partial charge on any atom is -0.388 e. The maximum atomic E-state index is 10.3. The van der Waals surface area contributed by atoms with E-state index in [4.69, 9.17) is 4.74 Å². The molecule has 9 heteroatoms. The van der Waals surface area contributed by atoms with Gasteiger partial charge in [0.2, 0.25) is 0 Å². The Labute approximate surface area is 159 Å². The average Bonchev–Trinajstić information content (AvgIpc) is 3.45. The number of fused-ring (bicyclic) bond motifs is 1. The van der Waals surface area contributed by atoms with E-state index >= 15 is 0 Å². The van der Waals surface area contributed by atoms with Crippen LogP contribution >= 0.6 is 0 Å². The normalized spacial score (nSPS) is 24.8. The number of aliphatic hydroxyl groups is 2. The van der Waals surface area contributed by atoms with Gasteiger partial charge in [0, 0.05) is 18.0 Å². The molecule has 4 atom stereocenters. The van der Waals surface area contributed by atoms with Crippen LogP contribution in [0.4, 0.5) is 0 Å². The first-order valence-corrected chi connectivity index (χ1v) is 8.93. The Bertz CT molecular complexity index is 1130. The van der Waals surface area contributed by atoms with Gasteiger partial charge in [-0.25, -0.2) is 19.6 Å². The second-order valence-electron chi connectivity index (χ2n) is 6.76. The van der Waals surface area contributed by atoms with Gasteiger partial charge >= 0.3 is 0 Å². The lowest BCUT2D eigenvalue weighted by Gasteiger charge is -2.16. The van der Waals surface area contributed by atoms with Crippen molar-refractivity contribution in [2.45, 2.75) is 31.5 Å². The molecule has 4 aromatic rings. The zero-order valence-electron chi connectivity index (χ0n) is 15.0. The summed E-state index contributed by atoms with van der Waals surface area (Å²) in [5.41, 5.74) is 3.55. The monoisotopic (exact) mass is 378 g/mol. The fraction of sp³-hybridized carbons (Fsp3) is 0.263. The summed E-state index contributed by atoms with van der Waals surface area (Å²) in [4.78, 5) is 13.2. The first-order valence-electron chi connectivity index (χ1n) is 8.93. The number of hydrogen-bond acceptors (Lipinski definition) is 7. The van der Waals surface area contributed by atoms with Gasteiger partial charge in [-0.15, -0.1) is 0 Å². The molecule has 0 amide bonds. The van der Waals surface area contributed by atoms with Crippen molar-refractivity contribution in [1.82, 2.24) is 29.3 Å². The standard InChI is InChI=1S/C19H18N6O3/c1-11-16(26)17(27)19(28-11)24-10-22-15-14(20-9-21-18(15)24)12-4-2-5-13(8-12)25-7-3-6-23-25/h2-11,16-17,19,26-27H,1H3/t11-,16-,17-,19-/m1/s1. The summed E-state index contributed by atoms with van der Waals surface area (Å²) in [6.45, 7) is 1.72. The van der Waals surface area contributed by atoms with E-state index in [-0.39, 0.29) is 0 Å². The zero-order chi connectivity index (χ0) is 19.3. The smallest absolute Gasteiger partial charge is 0.166 e. The Kier molecular flexibility index (Phi) is 3.93. The van der Waals surface area contributed by atoms with Crippen LogP contribution in [0.1, 0.15) is 13.2 Å². The molecular formula is C19H18N6O3. The summed E-state index contributed by atoms with van der Waals surface area (Å²) in [6.07, 6.45) is 3.34. The summed E-state index contributed by atoms with van der Waals surface area (Å²) < 4.78 is 9.11. The molecule has 1 aromatic carbocycles. The number of aromatic nitrogens is 6. The highest BCUT2D eigenvalue weighted by molar-refractivity contribution is 5.87. The third-order valence-corrected chi connectivity index (χ3v) is 5.00. The average molecular weight is 378 g/mol. The fourth-order valence-corrected chi connectivity index (χ4v) is 3.52. The molecule has 1 aliphatic rings. The molecule has 9 nitrogen and oxygen atoms in total. The van der Waals surface area contributed by atoms with Gasteiger partial charge in [-0.1, -0.05) is 12.1 Å². The molecule has 1 fully saturated rings. The minimum absolute atomic E-state index is 0.482. The molecule has 0 saturated carbocycles. The summed E-state index contributed by atoms with van der Waals surface area (Å²) in [5.74, 6) is 0. The Balaban J connectivity index is 1.59. The number of hydrogen-bond donors (Lipinski definition) is 2. The third kappa shape index (κ3) is 2.60. The Hall–Kier alpha value is -3.14. The van der Waals surface area contributed by atoms with E-state index in [1.165, 1.54) is 6.33 Å². The van der Waals surface area contributed by atoms with Gasteiger partial charge in [0.15, 0.2) is 11.9 Å². The molecule has 0 unspecified atom stereocenters. The van der Waals surface area contributed by atoms with E-state index in [0.29, 0.717) is 16.9 Å². The van der Waals surface area contributed by atoms with Crippen molar-refractivity contribution < 1.29 is 14.9 Å². The molecule has 2 N–H and O–H groups in total. The van der Waals surface area contributed by atoms with Gasteiger partial charge in [0.1, 0.15) is 29.7 Å². The maximum absolute atomic E-state index is 10.3. The molecule has 0 radical (unpaired) electrons. The Morgan fingerprint density at radius 1 is 1.07 bits per heavy atom. The molecule has 1 aliphatic heterocycles. The van der Waals surface area contributed by atoms with Crippen molar-refractivity contribution in [2.75, 3.05) is 0 Å². The van der Waals surface area contributed by atoms with Crippen LogP contribution in [0.25, 0.3) is 28.1 Å². The number of imidazole rings is 1. The quantitative estimate of drug-likeness (QED) is 0.553. The van der Waals surface area contributed by atoms with E-state index in [1.54, 1.807) is 28.7 Å². The van der Waals surface area contributed by atoms with Gasteiger partial charge in [0.05, 0.1) is 18.1 Å². The van der Waals surface area contributed by atoms with Crippen LogP contribution in [-0.2, 0) is 4.74 Å². The van der Waals surface area contributed by atoms with E-state index in [0.717, 1.165) is 11.3 Å².